The lowest BCUT2D eigenvalue weighted by molar-refractivity contribution is 0.317. The van der Waals surface area contributed by atoms with Crippen molar-refractivity contribution in [2.75, 3.05) is 6.61 Å². The molecule has 0 bridgehead atoms. The number of halogens is 2. The van der Waals surface area contributed by atoms with E-state index in [0.29, 0.717) is 0 Å². The molecule has 0 saturated heterocycles. The molecule has 0 heterocycles. The summed E-state index contributed by atoms with van der Waals surface area (Å²) in [7, 11) is 0. The first-order valence-electron chi connectivity index (χ1n) is 3.82. The topological polar surface area (TPSA) is 9.23 Å². The maximum absolute atomic E-state index is 5.91. The highest BCUT2D eigenvalue weighted by Gasteiger charge is 1.98. The van der Waals surface area contributed by atoms with Gasteiger partial charge in [0.1, 0.15) is 5.75 Å². The van der Waals surface area contributed by atoms with Gasteiger partial charge in [-0.1, -0.05) is 18.5 Å². The minimum Gasteiger partial charge on any atom is -0.494 e. The fraction of sp³-hybridized carbons (Fsp3) is 0.333. The van der Waals surface area contributed by atoms with Crippen LogP contribution in [0.4, 0.5) is 0 Å². The molecular weight excluding hydrogens is 286 g/mol. The van der Waals surface area contributed by atoms with Gasteiger partial charge in [0, 0.05) is 3.57 Å². The van der Waals surface area contributed by atoms with Gasteiger partial charge >= 0.3 is 0 Å². The van der Waals surface area contributed by atoms with Crippen LogP contribution < -0.4 is 4.74 Å². The van der Waals surface area contributed by atoms with E-state index in [0.717, 1.165) is 27.4 Å². The molecular formula is C9H10ClIO. The van der Waals surface area contributed by atoms with Crippen molar-refractivity contribution < 1.29 is 4.74 Å². The quantitative estimate of drug-likeness (QED) is 0.772. The summed E-state index contributed by atoms with van der Waals surface area (Å²) in [5.41, 5.74) is 0. The summed E-state index contributed by atoms with van der Waals surface area (Å²) < 4.78 is 6.46. The molecule has 0 amide bonds. The van der Waals surface area contributed by atoms with Crippen molar-refractivity contribution in [3.63, 3.8) is 0 Å². The van der Waals surface area contributed by atoms with E-state index in [2.05, 4.69) is 29.5 Å². The largest absolute Gasteiger partial charge is 0.494 e. The van der Waals surface area contributed by atoms with Crippen LogP contribution in [-0.4, -0.2) is 6.61 Å². The van der Waals surface area contributed by atoms with Crippen LogP contribution in [0.2, 0.25) is 5.02 Å². The molecule has 12 heavy (non-hydrogen) atoms. The van der Waals surface area contributed by atoms with E-state index in [4.69, 9.17) is 16.3 Å². The Balaban J connectivity index is 2.69. The Hall–Kier alpha value is 0.0400. The lowest BCUT2D eigenvalue weighted by atomic mass is 10.3. The second-order valence-electron chi connectivity index (χ2n) is 2.42. The second-order valence-corrected chi connectivity index (χ2v) is 3.99. The maximum Gasteiger partial charge on any atom is 0.120 e. The normalized spacial score (nSPS) is 9.92. The van der Waals surface area contributed by atoms with Gasteiger partial charge in [-0.15, -0.1) is 0 Å². The molecule has 0 fully saturated rings. The Morgan fingerprint density at radius 3 is 2.83 bits per heavy atom. The van der Waals surface area contributed by atoms with Crippen molar-refractivity contribution in [3.8, 4) is 5.75 Å². The zero-order chi connectivity index (χ0) is 8.97. The molecule has 1 aromatic carbocycles. The molecule has 3 heteroatoms. The molecule has 1 rings (SSSR count). The summed E-state index contributed by atoms with van der Waals surface area (Å²) in [5.74, 6) is 0.849. The van der Waals surface area contributed by atoms with Gasteiger partial charge in [0.05, 0.1) is 11.6 Å². The standard InChI is InChI=1S/C9H10ClIO/c1-2-5-12-7-3-4-9(11)8(10)6-7/h3-4,6H,2,5H2,1H3. The SMILES string of the molecule is CCCOc1ccc(I)c(Cl)c1. The van der Waals surface area contributed by atoms with Crippen LogP contribution in [0.3, 0.4) is 0 Å². The van der Waals surface area contributed by atoms with Gasteiger partial charge in [-0.05, 0) is 47.2 Å². The molecule has 0 radical (unpaired) electrons. The van der Waals surface area contributed by atoms with E-state index >= 15 is 0 Å². The molecule has 0 spiro atoms. The van der Waals surface area contributed by atoms with Crippen molar-refractivity contribution in [1.82, 2.24) is 0 Å². The Morgan fingerprint density at radius 2 is 2.25 bits per heavy atom. The maximum atomic E-state index is 5.91. The second kappa shape index (κ2) is 4.92. The fourth-order valence-corrected chi connectivity index (χ4v) is 1.29. The molecule has 0 aliphatic rings. The summed E-state index contributed by atoms with van der Waals surface area (Å²) in [5, 5.41) is 0.754. The van der Waals surface area contributed by atoms with E-state index in [1.165, 1.54) is 0 Å². The summed E-state index contributed by atoms with van der Waals surface area (Å²) in [6.45, 7) is 2.82. The fourth-order valence-electron chi connectivity index (χ4n) is 0.787. The Morgan fingerprint density at radius 1 is 1.50 bits per heavy atom. The van der Waals surface area contributed by atoms with Crippen LogP contribution in [0.15, 0.2) is 18.2 Å². The Bertz CT molecular complexity index is 263. The number of hydrogen-bond acceptors (Lipinski definition) is 1. The highest BCUT2D eigenvalue weighted by Crippen LogP contribution is 2.23. The minimum atomic E-state index is 0.747. The highest BCUT2D eigenvalue weighted by molar-refractivity contribution is 14.1. The van der Waals surface area contributed by atoms with Crippen LogP contribution in [0.25, 0.3) is 0 Å². The summed E-state index contributed by atoms with van der Waals surface area (Å²) >= 11 is 8.10. The number of hydrogen-bond donors (Lipinski definition) is 0. The third-order valence-corrected chi connectivity index (χ3v) is 2.94. The zero-order valence-corrected chi connectivity index (χ0v) is 9.72. The molecule has 0 saturated carbocycles. The average Bonchev–Trinajstić information content (AvgIpc) is 2.07. The number of benzene rings is 1. The first-order valence-corrected chi connectivity index (χ1v) is 5.27. The summed E-state index contributed by atoms with van der Waals surface area (Å²) in [6, 6.07) is 5.73. The minimum absolute atomic E-state index is 0.747. The molecule has 0 aliphatic carbocycles. The van der Waals surface area contributed by atoms with Gasteiger partial charge in [0.2, 0.25) is 0 Å². The molecule has 1 nitrogen and oxygen atoms in total. The lowest BCUT2D eigenvalue weighted by Crippen LogP contribution is -1.94. The smallest absolute Gasteiger partial charge is 0.120 e. The molecule has 1 aromatic rings. The van der Waals surface area contributed by atoms with Crippen LogP contribution in [0.5, 0.6) is 5.75 Å². The Labute approximate surface area is 91.2 Å². The monoisotopic (exact) mass is 296 g/mol. The van der Waals surface area contributed by atoms with Gasteiger partial charge in [-0.2, -0.15) is 0 Å². The first kappa shape index (κ1) is 10.1. The first-order chi connectivity index (χ1) is 5.74. The summed E-state index contributed by atoms with van der Waals surface area (Å²) in [6.07, 6.45) is 1.02. The molecule has 0 atom stereocenters. The van der Waals surface area contributed by atoms with E-state index in [1.807, 2.05) is 18.2 Å². The van der Waals surface area contributed by atoms with Gasteiger partial charge < -0.3 is 4.74 Å². The van der Waals surface area contributed by atoms with Crippen molar-refractivity contribution in [2.24, 2.45) is 0 Å². The predicted molar refractivity (Wildman–Crippen MR) is 60.0 cm³/mol. The molecule has 0 N–H and O–H groups in total. The summed E-state index contributed by atoms with van der Waals surface area (Å²) in [4.78, 5) is 0. The van der Waals surface area contributed by atoms with Gasteiger partial charge in [0.15, 0.2) is 0 Å². The van der Waals surface area contributed by atoms with Crippen molar-refractivity contribution in [3.05, 3.63) is 26.8 Å². The molecule has 0 aromatic heterocycles. The van der Waals surface area contributed by atoms with E-state index < -0.39 is 0 Å². The van der Waals surface area contributed by atoms with E-state index in [9.17, 15) is 0 Å². The predicted octanol–water partition coefficient (Wildman–Crippen LogP) is 3.73. The van der Waals surface area contributed by atoms with Crippen LogP contribution in [0, 0.1) is 3.57 Å². The van der Waals surface area contributed by atoms with Gasteiger partial charge in [-0.3, -0.25) is 0 Å². The van der Waals surface area contributed by atoms with Crippen LogP contribution in [0.1, 0.15) is 13.3 Å². The molecule has 0 unspecified atom stereocenters. The van der Waals surface area contributed by atoms with Crippen molar-refractivity contribution in [1.29, 1.82) is 0 Å². The average molecular weight is 297 g/mol. The highest BCUT2D eigenvalue weighted by atomic mass is 127. The zero-order valence-electron chi connectivity index (χ0n) is 6.81. The number of ether oxygens (including phenoxy) is 1. The van der Waals surface area contributed by atoms with Crippen molar-refractivity contribution >= 4 is 34.2 Å². The third kappa shape index (κ3) is 2.83. The Kier molecular flexibility index (Phi) is 4.15. The van der Waals surface area contributed by atoms with Crippen LogP contribution >= 0.6 is 34.2 Å². The lowest BCUT2D eigenvalue weighted by Gasteiger charge is -2.04. The van der Waals surface area contributed by atoms with Gasteiger partial charge in [-0.25, -0.2) is 0 Å². The number of rotatable bonds is 3. The van der Waals surface area contributed by atoms with E-state index in [1.54, 1.807) is 0 Å². The molecule has 66 valence electrons. The molecule has 0 aliphatic heterocycles. The van der Waals surface area contributed by atoms with Crippen LogP contribution in [-0.2, 0) is 0 Å². The third-order valence-electron chi connectivity index (χ3n) is 1.36. The van der Waals surface area contributed by atoms with E-state index in [-0.39, 0.29) is 0 Å². The van der Waals surface area contributed by atoms with Gasteiger partial charge in [0.25, 0.3) is 0 Å². The van der Waals surface area contributed by atoms with Crippen molar-refractivity contribution in [2.45, 2.75) is 13.3 Å².